The van der Waals surface area contributed by atoms with E-state index in [1.807, 2.05) is 19.1 Å². The van der Waals surface area contributed by atoms with Gasteiger partial charge in [-0.1, -0.05) is 58.8 Å². The fraction of sp³-hybridized carbons (Fsp3) is 0.700. The predicted molar refractivity (Wildman–Crippen MR) is 135 cm³/mol. The van der Waals surface area contributed by atoms with Gasteiger partial charge in [-0.2, -0.15) is 0 Å². The highest BCUT2D eigenvalue weighted by Crippen LogP contribution is 2.59. The number of hydrogen-bond donors (Lipinski definition) is 0. The van der Waals surface area contributed by atoms with E-state index in [0.29, 0.717) is 46.6 Å². The van der Waals surface area contributed by atoms with Crippen molar-refractivity contribution in [1.82, 2.24) is 0 Å². The van der Waals surface area contributed by atoms with E-state index in [1.165, 1.54) is 17.6 Å². The Hall–Kier alpha value is -1.77. The number of ketones is 2. The molecule has 0 aromatic carbocycles. The van der Waals surface area contributed by atoms with Gasteiger partial charge >= 0.3 is 0 Å². The van der Waals surface area contributed by atoms with Crippen LogP contribution in [-0.2, 0) is 14.4 Å². The van der Waals surface area contributed by atoms with Crippen LogP contribution in [0.1, 0.15) is 87.5 Å². The number of fused-ring (bicyclic) bond motifs is 2. The molecule has 3 heteroatoms. The summed E-state index contributed by atoms with van der Waals surface area (Å²) in [4.78, 5) is 33.4. The maximum atomic E-state index is 11.4. The van der Waals surface area contributed by atoms with Crippen LogP contribution in [0.2, 0.25) is 0 Å². The van der Waals surface area contributed by atoms with E-state index in [0.717, 1.165) is 43.5 Å². The Labute approximate surface area is 201 Å². The number of carbonyl (C=O) groups excluding carboxylic acids is 3. The topological polar surface area (TPSA) is 51.2 Å². The Balaban J connectivity index is 0.000000139. The molecule has 7 rings (SSSR count). The van der Waals surface area contributed by atoms with Crippen molar-refractivity contribution in [3.05, 3.63) is 34.9 Å². The van der Waals surface area contributed by atoms with Crippen LogP contribution in [0.25, 0.3) is 0 Å². The number of rotatable bonds is 2. The number of allylic oxidation sites excluding steroid dienone is 6. The van der Waals surface area contributed by atoms with E-state index in [2.05, 4.69) is 54.5 Å². The van der Waals surface area contributed by atoms with Gasteiger partial charge in [0.15, 0.2) is 11.6 Å². The van der Waals surface area contributed by atoms with Crippen LogP contribution in [0, 0.1) is 46.3 Å². The monoisotopic (exact) mass is 452 g/mol. The lowest BCUT2D eigenvalue weighted by atomic mass is 9.49. The lowest BCUT2D eigenvalue weighted by molar-refractivity contribution is -0.133. The fourth-order valence-corrected chi connectivity index (χ4v) is 6.75. The lowest BCUT2D eigenvalue weighted by Gasteiger charge is -2.55. The van der Waals surface area contributed by atoms with Crippen LogP contribution in [0.4, 0.5) is 0 Å². The van der Waals surface area contributed by atoms with Crippen LogP contribution < -0.4 is 0 Å². The predicted octanol–water partition coefficient (Wildman–Crippen LogP) is 6.92. The molecule has 0 saturated heterocycles. The second kappa shape index (κ2) is 9.47. The minimum absolute atomic E-state index is 0.260. The fourth-order valence-electron chi connectivity index (χ4n) is 6.75. The quantitative estimate of drug-likeness (QED) is 0.427. The largest absolute Gasteiger partial charge is 0.298 e. The van der Waals surface area contributed by atoms with Crippen molar-refractivity contribution in [2.24, 2.45) is 46.3 Å². The summed E-state index contributed by atoms with van der Waals surface area (Å²) < 4.78 is 0. The molecular weight excluding hydrogens is 408 g/mol. The van der Waals surface area contributed by atoms with Gasteiger partial charge in [-0.15, -0.1) is 0 Å². The van der Waals surface area contributed by atoms with Gasteiger partial charge in [-0.25, -0.2) is 0 Å². The van der Waals surface area contributed by atoms with Crippen molar-refractivity contribution in [2.45, 2.75) is 87.5 Å². The van der Waals surface area contributed by atoms with Gasteiger partial charge < -0.3 is 0 Å². The second-order valence-corrected chi connectivity index (χ2v) is 12.6. The molecule has 7 aliphatic carbocycles. The molecule has 0 aromatic rings. The summed E-state index contributed by atoms with van der Waals surface area (Å²) in [5, 5.41) is 0. The Morgan fingerprint density at radius 2 is 1.58 bits per heavy atom. The van der Waals surface area contributed by atoms with E-state index < -0.39 is 0 Å². The van der Waals surface area contributed by atoms with Crippen molar-refractivity contribution >= 4 is 17.9 Å². The molecular formula is C30H44O3. The Morgan fingerprint density at radius 1 is 0.909 bits per heavy atom. The molecule has 2 saturated carbocycles. The summed E-state index contributed by atoms with van der Waals surface area (Å²) in [6.07, 6.45) is 12.5. The first-order valence-corrected chi connectivity index (χ1v) is 12.9. The molecule has 5 unspecified atom stereocenters. The summed E-state index contributed by atoms with van der Waals surface area (Å²) in [6.45, 7) is 17.3. The third kappa shape index (κ3) is 4.88. The molecule has 0 spiro atoms. The van der Waals surface area contributed by atoms with E-state index in [4.69, 9.17) is 0 Å². The molecule has 0 amide bonds. The number of carbonyl (C=O) groups is 3. The van der Waals surface area contributed by atoms with Crippen molar-refractivity contribution in [1.29, 1.82) is 0 Å². The molecule has 0 heterocycles. The van der Waals surface area contributed by atoms with E-state index in [1.54, 1.807) is 0 Å². The molecule has 5 atom stereocenters. The van der Waals surface area contributed by atoms with E-state index >= 15 is 0 Å². The zero-order valence-corrected chi connectivity index (χ0v) is 22.0. The van der Waals surface area contributed by atoms with Crippen molar-refractivity contribution < 1.29 is 14.4 Å². The first-order chi connectivity index (χ1) is 15.3. The number of aldehydes is 1. The summed E-state index contributed by atoms with van der Waals surface area (Å²) in [5.74, 6) is 3.92. The standard InChI is InChI=1S/2C10H14O.C10H16O/c1-6-4-9(11)8-5-7(6)10(8,2)3;1-10(2)8-4-3-7(6-11)9(10)5-8;1-7(2)9-5-4-8(3)6-10(9)11/h4,7-8H,5H2,1-3H3;3,6,8-9H,4-5H2,1-2H3;6-7,9H,4-5H2,1-3H3. The molecule has 0 radical (unpaired) electrons. The molecule has 33 heavy (non-hydrogen) atoms. The zero-order chi connectivity index (χ0) is 24.7. The Kier molecular flexibility index (Phi) is 7.42. The summed E-state index contributed by atoms with van der Waals surface area (Å²) in [6, 6.07) is 0. The molecule has 3 nitrogen and oxygen atoms in total. The summed E-state index contributed by atoms with van der Waals surface area (Å²) in [5.41, 5.74) is 4.26. The molecule has 7 aliphatic rings. The average molecular weight is 453 g/mol. The average Bonchev–Trinajstić information content (AvgIpc) is 2.73. The molecule has 0 aliphatic heterocycles. The highest BCUT2D eigenvalue weighted by atomic mass is 16.1. The molecule has 182 valence electrons. The van der Waals surface area contributed by atoms with Crippen LogP contribution in [-0.4, -0.2) is 17.9 Å². The van der Waals surface area contributed by atoms with Gasteiger partial charge in [-0.3, -0.25) is 14.4 Å². The van der Waals surface area contributed by atoms with Gasteiger partial charge in [0.1, 0.15) is 6.29 Å². The minimum Gasteiger partial charge on any atom is -0.298 e. The van der Waals surface area contributed by atoms with Gasteiger partial charge in [-0.05, 0) is 98.2 Å². The van der Waals surface area contributed by atoms with Crippen LogP contribution in [0.15, 0.2) is 34.9 Å². The maximum Gasteiger partial charge on any atom is 0.159 e. The van der Waals surface area contributed by atoms with Crippen molar-refractivity contribution in [2.75, 3.05) is 0 Å². The maximum absolute atomic E-state index is 11.4. The Bertz CT molecular complexity index is 888. The molecule has 2 fully saturated rings. The molecule has 0 N–H and O–H groups in total. The van der Waals surface area contributed by atoms with E-state index in [9.17, 15) is 14.4 Å². The van der Waals surface area contributed by atoms with E-state index in [-0.39, 0.29) is 5.41 Å². The highest BCUT2D eigenvalue weighted by molar-refractivity contribution is 5.96. The zero-order valence-electron chi connectivity index (χ0n) is 22.0. The lowest BCUT2D eigenvalue weighted by Crippen LogP contribution is -2.51. The minimum atomic E-state index is 0.260. The van der Waals surface area contributed by atoms with Crippen LogP contribution >= 0.6 is 0 Å². The van der Waals surface area contributed by atoms with Gasteiger partial charge in [0.25, 0.3) is 0 Å². The smallest absolute Gasteiger partial charge is 0.159 e. The molecule has 4 bridgehead atoms. The SMILES string of the molecule is CC1(C)C2CC=C(C=O)C1C2.CC1=CC(=O)C(C(C)C)CC1.CC1=CC(=O)C2CC1C2(C)C. The Morgan fingerprint density at radius 3 is 1.97 bits per heavy atom. The highest BCUT2D eigenvalue weighted by Gasteiger charge is 2.54. The van der Waals surface area contributed by atoms with Gasteiger partial charge in [0.05, 0.1) is 0 Å². The second-order valence-electron chi connectivity index (χ2n) is 12.6. The summed E-state index contributed by atoms with van der Waals surface area (Å²) >= 11 is 0. The first-order valence-electron chi connectivity index (χ1n) is 12.9. The third-order valence-electron chi connectivity index (χ3n) is 9.59. The van der Waals surface area contributed by atoms with Gasteiger partial charge in [0, 0.05) is 11.8 Å². The van der Waals surface area contributed by atoms with Crippen LogP contribution in [0.5, 0.6) is 0 Å². The van der Waals surface area contributed by atoms with Crippen molar-refractivity contribution in [3.8, 4) is 0 Å². The van der Waals surface area contributed by atoms with Gasteiger partial charge in [0.2, 0.25) is 0 Å². The van der Waals surface area contributed by atoms with Crippen LogP contribution in [0.3, 0.4) is 0 Å². The first kappa shape index (κ1) is 25.8. The molecule has 0 aromatic heterocycles. The number of hydrogen-bond acceptors (Lipinski definition) is 3. The third-order valence-corrected chi connectivity index (χ3v) is 9.59. The van der Waals surface area contributed by atoms with Crippen molar-refractivity contribution in [3.63, 3.8) is 0 Å². The normalized spacial score (nSPS) is 34.7. The summed E-state index contributed by atoms with van der Waals surface area (Å²) in [7, 11) is 0.